The predicted molar refractivity (Wildman–Crippen MR) is 66.8 cm³/mol. The molecule has 0 bridgehead atoms. The van der Waals surface area contributed by atoms with E-state index in [1.807, 2.05) is 13.8 Å². The molecule has 1 aromatic carbocycles. The van der Waals surface area contributed by atoms with E-state index in [2.05, 4.69) is 15.5 Å². The highest BCUT2D eigenvalue weighted by Gasteiger charge is 2.07. The van der Waals surface area contributed by atoms with Crippen molar-refractivity contribution in [2.24, 2.45) is 0 Å². The van der Waals surface area contributed by atoms with Crippen LogP contribution in [0.5, 0.6) is 0 Å². The molecule has 0 aliphatic rings. The van der Waals surface area contributed by atoms with Gasteiger partial charge in [0.2, 0.25) is 0 Å². The SMILES string of the molecule is Cc1n[nH]c(C)c1NCc1ccc(C(F)F)cc1. The molecule has 5 heteroatoms. The summed E-state index contributed by atoms with van der Waals surface area (Å²) in [5.74, 6) is 0. The molecule has 1 heterocycles. The minimum atomic E-state index is -2.41. The highest BCUT2D eigenvalue weighted by atomic mass is 19.3. The van der Waals surface area contributed by atoms with Crippen molar-refractivity contribution in [3.8, 4) is 0 Å². The molecule has 0 aliphatic heterocycles. The number of alkyl halides is 2. The van der Waals surface area contributed by atoms with Gasteiger partial charge in [-0.25, -0.2) is 8.78 Å². The number of anilines is 1. The summed E-state index contributed by atoms with van der Waals surface area (Å²) in [5.41, 5.74) is 3.84. The number of hydrogen-bond donors (Lipinski definition) is 2. The summed E-state index contributed by atoms with van der Waals surface area (Å²) in [6.45, 7) is 4.43. The Morgan fingerprint density at radius 3 is 2.39 bits per heavy atom. The Morgan fingerprint density at radius 1 is 1.22 bits per heavy atom. The van der Waals surface area contributed by atoms with Gasteiger partial charge >= 0.3 is 0 Å². The summed E-state index contributed by atoms with van der Waals surface area (Å²) in [6, 6.07) is 6.33. The number of hydrogen-bond acceptors (Lipinski definition) is 2. The number of aromatic nitrogens is 2. The molecule has 2 rings (SSSR count). The highest BCUT2D eigenvalue weighted by Crippen LogP contribution is 2.20. The molecule has 18 heavy (non-hydrogen) atoms. The molecule has 0 saturated heterocycles. The minimum absolute atomic E-state index is 0.0504. The van der Waals surface area contributed by atoms with Crippen LogP contribution in [0, 0.1) is 13.8 Å². The van der Waals surface area contributed by atoms with Crippen LogP contribution in [0.25, 0.3) is 0 Å². The van der Waals surface area contributed by atoms with Gasteiger partial charge in [-0.3, -0.25) is 5.10 Å². The van der Waals surface area contributed by atoms with Crippen LogP contribution in [0.15, 0.2) is 24.3 Å². The number of nitrogens with zero attached hydrogens (tertiary/aromatic N) is 1. The van der Waals surface area contributed by atoms with E-state index >= 15 is 0 Å². The van der Waals surface area contributed by atoms with E-state index in [0.717, 1.165) is 22.6 Å². The standard InChI is InChI=1S/C13H15F2N3/c1-8-12(9(2)18-17-8)16-7-10-3-5-11(6-4-10)13(14)15/h3-6,13,16H,7H2,1-2H3,(H,17,18). The van der Waals surface area contributed by atoms with Crippen LogP contribution >= 0.6 is 0 Å². The quantitative estimate of drug-likeness (QED) is 0.872. The van der Waals surface area contributed by atoms with Gasteiger partial charge in [-0.15, -0.1) is 0 Å². The Labute approximate surface area is 104 Å². The van der Waals surface area contributed by atoms with Gasteiger partial charge in [0.05, 0.1) is 17.1 Å². The predicted octanol–water partition coefficient (Wildman–Crippen LogP) is 3.58. The Kier molecular flexibility index (Phi) is 3.60. The second kappa shape index (κ2) is 5.16. The third-order valence-electron chi connectivity index (χ3n) is 2.83. The van der Waals surface area contributed by atoms with E-state index < -0.39 is 6.43 Å². The lowest BCUT2D eigenvalue weighted by molar-refractivity contribution is 0.151. The lowest BCUT2D eigenvalue weighted by Crippen LogP contribution is -2.01. The van der Waals surface area contributed by atoms with E-state index in [1.54, 1.807) is 12.1 Å². The molecule has 0 unspecified atom stereocenters. The maximum Gasteiger partial charge on any atom is 0.263 e. The molecule has 0 aliphatic carbocycles. The number of aryl methyl sites for hydroxylation is 2. The summed E-state index contributed by atoms with van der Waals surface area (Å²) in [7, 11) is 0. The van der Waals surface area contributed by atoms with Crippen LogP contribution in [0.2, 0.25) is 0 Å². The summed E-state index contributed by atoms with van der Waals surface area (Å²) in [5, 5.41) is 10.2. The second-order valence-corrected chi connectivity index (χ2v) is 4.20. The zero-order valence-electron chi connectivity index (χ0n) is 10.3. The number of nitrogens with one attached hydrogen (secondary N) is 2. The second-order valence-electron chi connectivity index (χ2n) is 4.20. The first-order chi connectivity index (χ1) is 8.58. The van der Waals surface area contributed by atoms with Gasteiger partial charge in [0, 0.05) is 12.1 Å². The van der Waals surface area contributed by atoms with Gasteiger partial charge in [-0.2, -0.15) is 5.10 Å². The number of benzene rings is 1. The fourth-order valence-electron chi connectivity index (χ4n) is 1.78. The summed E-state index contributed by atoms with van der Waals surface area (Å²) >= 11 is 0. The van der Waals surface area contributed by atoms with Gasteiger partial charge in [-0.05, 0) is 19.4 Å². The summed E-state index contributed by atoms with van der Waals surface area (Å²) < 4.78 is 24.8. The minimum Gasteiger partial charge on any atom is -0.378 e. The van der Waals surface area contributed by atoms with Crippen LogP contribution in [-0.4, -0.2) is 10.2 Å². The molecule has 2 N–H and O–H groups in total. The third-order valence-corrected chi connectivity index (χ3v) is 2.83. The van der Waals surface area contributed by atoms with Crippen molar-refractivity contribution in [3.63, 3.8) is 0 Å². The van der Waals surface area contributed by atoms with Gasteiger partial charge in [0.1, 0.15) is 0 Å². The van der Waals surface area contributed by atoms with Gasteiger partial charge in [-0.1, -0.05) is 24.3 Å². The zero-order valence-corrected chi connectivity index (χ0v) is 10.3. The molecule has 2 aromatic rings. The maximum atomic E-state index is 12.4. The molecule has 1 aromatic heterocycles. The average molecular weight is 251 g/mol. The van der Waals surface area contributed by atoms with Gasteiger partial charge in [0.25, 0.3) is 6.43 Å². The molecule has 0 radical (unpaired) electrons. The van der Waals surface area contributed by atoms with Crippen LogP contribution in [0.3, 0.4) is 0 Å². The normalized spacial score (nSPS) is 10.9. The van der Waals surface area contributed by atoms with Crippen LogP contribution in [0.1, 0.15) is 28.9 Å². The fourth-order valence-corrected chi connectivity index (χ4v) is 1.78. The average Bonchev–Trinajstić information content (AvgIpc) is 2.67. The lowest BCUT2D eigenvalue weighted by atomic mass is 10.1. The first kappa shape index (κ1) is 12.5. The van der Waals surface area contributed by atoms with Gasteiger partial charge in [0.15, 0.2) is 0 Å². The van der Waals surface area contributed by atoms with Crippen LogP contribution in [0.4, 0.5) is 14.5 Å². The smallest absolute Gasteiger partial charge is 0.263 e. The molecule has 0 spiro atoms. The van der Waals surface area contributed by atoms with E-state index in [-0.39, 0.29) is 5.56 Å². The molecule has 0 saturated carbocycles. The number of rotatable bonds is 4. The molecular weight excluding hydrogens is 236 g/mol. The van der Waals surface area contributed by atoms with Crippen molar-refractivity contribution in [1.29, 1.82) is 0 Å². The molecular formula is C13H15F2N3. The Morgan fingerprint density at radius 2 is 1.89 bits per heavy atom. The zero-order chi connectivity index (χ0) is 13.1. The molecule has 96 valence electrons. The Bertz CT molecular complexity index is 498. The fraction of sp³-hybridized carbons (Fsp3) is 0.308. The Balaban J connectivity index is 2.02. The summed E-state index contributed by atoms with van der Waals surface area (Å²) in [4.78, 5) is 0. The van der Waals surface area contributed by atoms with Crippen molar-refractivity contribution >= 4 is 5.69 Å². The lowest BCUT2D eigenvalue weighted by Gasteiger charge is -2.07. The molecule has 0 amide bonds. The Hall–Kier alpha value is -1.91. The topological polar surface area (TPSA) is 40.7 Å². The molecule has 0 fully saturated rings. The van der Waals surface area contributed by atoms with Crippen molar-refractivity contribution < 1.29 is 8.78 Å². The molecule has 0 atom stereocenters. The first-order valence-electron chi connectivity index (χ1n) is 5.70. The van der Waals surface area contributed by atoms with Crippen molar-refractivity contribution in [2.75, 3.05) is 5.32 Å². The number of aromatic amines is 1. The van der Waals surface area contributed by atoms with Crippen molar-refractivity contribution in [1.82, 2.24) is 10.2 Å². The maximum absolute atomic E-state index is 12.4. The third kappa shape index (κ3) is 2.67. The number of H-pyrrole nitrogens is 1. The largest absolute Gasteiger partial charge is 0.378 e. The number of halogens is 2. The van der Waals surface area contributed by atoms with Gasteiger partial charge < -0.3 is 5.32 Å². The van der Waals surface area contributed by atoms with E-state index in [9.17, 15) is 8.78 Å². The molecule has 3 nitrogen and oxygen atoms in total. The van der Waals surface area contributed by atoms with Crippen LogP contribution < -0.4 is 5.32 Å². The van der Waals surface area contributed by atoms with Crippen LogP contribution in [-0.2, 0) is 6.54 Å². The van der Waals surface area contributed by atoms with Crippen molar-refractivity contribution in [2.45, 2.75) is 26.8 Å². The monoisotopic (exact) mass is 251 g/mol. The van der Waals surface area contributed by atoms with E-state index in [1.165, 1.54) is 12.1 Å². The van der Waals surface area contributed by atoms with Crippen molar-refractivity contribution in [3.05, 3.63) is 46.8 Å². The highest BCUT2D eigenvalue weighted by molar-refractivity contribution is 5.51. The summed E-state index contributed by atoms with van der Waals surface area (Å²) in [6.07, 6.45) is -2.41. The van der Waals surface area contributed by atoms with E-state index in [0.29, 0.717) is 6.54 Å². The van der Waals surface area contributed by atoms with E-state index in [4.69, 9.17) is 0 Å². The first-order valence-corrected chi connectivity index (χ1v) is 5.70.